The number of nitrogens with one attached hydrogen (secondary N) is 3. The van der Waals surface area contributed by atoms with Gasteiger partial charge in [0.05, 0.1) is 26.6 Å². The number of hydrogen-bond acceptors (Lipinski definition) is 7. The van der Waals surface area contributed by atoms with Gasteiger partial charge in [-0.3, -0.25) is 14.5 Å². The Labute approximate surface area is 238 Å². The average Bonchev–Trinajstić information content (AvgIpc) is 3.67. The quantitative estimate of drug-likeness (QED) is 0.344. The third-order valence-corrected chi connectivity index (χ3v) is 6.92. The zero-order chi connectivity index (χ0) is 28.4. The summed E-state index contributed by atoms with van der Waals surface area (Å²) in [6.45, 7) is 2.52. The first kappa shape index (κ1) is 27.9. The Morgan fingerprint density at radius 2 is 2.00 bits per heavy atom. The summed E-state index contributed by atoms with van der Waals surface area (Å²) in [6.07, 6.45) is 8.02. The molecule has 2 amide bonds. The Bertz CT molecular complexity index is 1420. The summed E-state index contributed by atoms with van der Waals surface area (Å²) in [5.41, 5.74) is 2.74. The summed E-state index contributed by atoms with van der Waals surface area (Å²) in [5, 5.41) is 5.99. The van der Waals surface area contributed by atoms with Crippen LogP contribution < -0.4 is 20.1 Å². The third kappa shape index (κ3) is 7.52. The monoisotopic (exact) mass is 557 g/mol. The fourth-order valence-corrected chi connectivity index (χ4v) is 4.90. The molecule has 1 aliphatic heterocycles. The number of hydrogen-bond donors (Lipinski definition) is 3. The lowest BCUT2D eigenvalue weighted by Gasteiger charge is -2.24. The molecule has 5 rings (SSSR count). The van der Waals surface area contributed by atoms with Gasteiger partial charge in [0.2, 0.25) is 11.8 Å². The van der Waals surface area contributed by atoms with Gasteiger partial charge in [-0.05, 0) is 30.2 Å². The van der Waals surface area contributed by atoms with Crippen LogP contribution in [0.1, 0.15) is 17.7 Å². The number of carbonyl (C=O) groups excluding carboxylic acids is 2. The minimum atomic E-state index is -0.715. The number of ether oxygens (including phenoxy) is 2. The number of fused-ring (bicyclic) bond motifs is 4. The van der Waals surface area contributed by atoms with E-state index in [-0.39, 0.29) is 18.4 Å². The summed E-state index contributed by atoms with van der Waals surface area (Å²) in [7, 11) is 1.61. The molecule has 3 N–H and O–H groups in total. The first-order valence-corrected chi connectivity index (χ1v) is 13.7. The van der Waals surface area contributed by atoms with Gasteiger partial charge in [-0.25, -0.2) is 9.97 Å². The van der Waals surface area contributed by atoms with E-state index in [0.29, 0.717) is 57.1 Å². The number of aromatic amines is 1. The molecular formula is C30H35N7O4. The van der Waals surface area contributed by atoms with Crippen molar-refractivity contribution in [3.8, 4) is 22.9 Å². The lowest BCUT2D eigenvalue weighted by atomic mass is 10.1. The molecule has 1 atom stereocenters. The summed E-state index contributed by atoms with van der Waals surface area (Å²) >= 11 is 0. The van der Waals surface area contributed by atoms with Gasteiger partial charge in [0, 0.05) is 62.4 Å². The Hall–Kier alpha value is -4.64. The molecule has 1 aliphatic rings. The molecule has 0 radical (unpaired) electrons. The maximum atomic E-state index is 13.4. The molecule has 0 aliphatic carbocycles. The van der Waals surface area contributed by atoms with E-state index in [2.05, 4.69) is 25.6 Å². The molecule has 41 heavy (non-hydrogen) atoms. The molecule has 4 aromatic rings. The van der Waals surface area contributed by atoms with Crippen molar-refractivity contribution in [3.63, 3.8) is 0 Å². The number of nitrogens with zero attached hydrogens (tertiary/aromatic N) is 4. The summed E-state index contributed by atoms with van der Waals surface area (Å²) in [5.74, 6) is 1.55. The zero-order valence-electron chi connectivity index (χ0n) is 23.1. The Kier molecular flexibility index (Phi) is 9.27. The average molecular weight is 558 g/mol. The predicted molar refractivity (Wildman–Crippen MR) is 153 cm³/mol. The highest BCUT2D eigenvalue weighted by atomic mass is 16.5. The van der Waals surface area contributed by atoms with Crippen LogP contribution in [0.5, 0.6) is 11.5 Å². The maximum Gasteiger partial charge on any atom is 0.242 e. The second-order valence-corrected chi connectivity index (χ2v) is 9.90. The molecule has 0 saturated heterocycles. The number of imidazole rings is 2. The number of carbonyl (C=O) groups is 2. The van der Waals surface area contributed by atoms with Crippen LogP contribution in [-0.2, 0) is 29.1 Å². The molecule has 214 valence electrons. The van der Waals surface area contributed by atoms with Crippen molar-refractivity contribution in [1.82, 2.24) is 35.1 Å². The number of amides is 2. The molecule has 11 nitrogen and oxygen atoms in total. The van der Waals surface area contributed by atoms with E-state index in [1.807, 2.05) is 64.2 Å². The number of methoxy groups -OCH3 is 1. The van der Waals surface area contributed by atoms with Crippen molar-refractivity contribution in [2.24, 2.45) is 0 Å². The molecular weight excluding hydrogens is 522 g/mol. The minimum Gasteiger partial charge on any atom is -0.493 e. The number of aromatic nitrogens is 4. The smallest absolute Gasteiger partial charge is 0.242 e. The van der Waals surface area contributed by atoms with Crippen molar-refractivity contribution in [3.05, 3.63) is 84.7 Å². The molecule has 2 bridgehead atoms. The van der Waals surface area contributed by atoms with Gasteiger partial charge >= 0.3 is 0 Å². The molecule has 2 aromatic carbocycles. The van der Waals surface area contributed by atoms with Crippen LogP contribution in [0, 0.1) is 0 Å². The number of H-pyrrole nitrogens is 1. The highest BCUT2D eigenvalue weighted by molar-refractivity contribution is 5.88. The van der Waals surface area contributed by atoms with Gasteiger partial charge in [-0.2, -0.15) is 0 Å². The Balaban J connectivity index is 1.40. The summed E-state index contributed by atoms with van der Waals surface area (Å²) < 4.78 is 13.7. The largest absolute Gasteiger partial charge is 0.493 e. The zero-order valence-corrected chi connectivity index (χ0v) is 23.1. The molecule has 0 saturated carbocycles. The van der Waals surface area contributed by atoms with Gasteiger partial charge in [0.1, 0.15) is 11.9 Å². The van der Waals surface area contributed by atoms with Crippen LogP contribution in [0.25, 0.3) is 11.4 Å². The summed E-state index contributed by atoms with van der Waals surface area (Å²) in [6, 6.07) is 14.7. The second kappa shape index (κ2) is 13.6. The first-order chi connectivity index (χ1) is 20.1. The van der Waals surface area contributed by atoms with E-state index in [0.717, 1.165) is 22.6 Å². The molecule has 0 unspecified atom stereocenters. The van der Waals surface area contributed by atoms with Gasteiger partial charge in [-0.1, -0.05) is 30.3 Å². The van der Waals surface area contributed by atoms with Crippen LogP contribution in [0.4, 0.5) is 0 Å². The van der Waals surface area contributed by atoms with E-state index in [1.54, 1.807) is 25.8 Å². The topological polar surface area (TPSA) is 126 Å². The van der Waals surface area contributed by atoms with Gasteiger partial charge in [-0.15, -0.1) is 0 Å². The standard InChI is InChI=1S/C30H35N7O4/c1-40-26-9-8-23-17-27(26)41-15-5-12-36(19-24-18-31-21-34-24)20-28(38)35-25(16-22-6-3-2-4-7-22)30(39)33-11-14-37-13-10-32-29(23)37/h2-4,6-10,13,17-18,21,25H,5,11-12,14-16,19-20H2,1H3,(H,31,34)(H,33,39)(H,35,38)/t25-/m0/s1. The lowest BCUT2D eigenvalue weighted by Crippen LogP contribution is -2.51. The molecule has 2 aromatic heterocycles. The van der Waals surface area contributed by atoms with Crippen molar-refractivity contribution in [1.29, 1.82) is 0 Å². The van der Waals surface area contributed by atoms with Crippen molar-refractivity contribution < 1.29 is 19.1 Å². The van der Waals surface area contributed by atoms with E-state index >= 15 is 0 Å². The van der Waals surface area contributed by atoms with Gasteiger partial charge < -0.3 is 29.7 Å². The number of benzene rings is 2. The fraction of sp³-hybridized carbons (Fsp3) is 0.333. The minimum absolute atomic E-state index is 0.120. The van der Waals surface area contributed by atoms with E-state index in [9.17, 15) is 9.59 Å². The Morgan fingerprint density at radius 3 is 2.80 bits per heavy atom. The second-order valence-electron chi connectivity index (χ2n) is 9.90. The van der Waals surface area contributed by atoms with Gasteiger partial charge in [0.15, 0.2) is 11.5 Å². The SMILES string of the molecule is COc1ccc2cc1OCCCN(Cc1cnc[nH]1)CC(=O)N[C@@H](Cc1ccccc1)C(=O)NCCn1ccnc1-2. The predicted octanol–water partition coefficient (Wildman–Crippen LogP) is 2.41. The van der Waals surface area contributed by atoms with E-state index in [4.69, 9.17) is 9.47 Å². The third-order valence-electron chi connectivity index (χ3n) is 6.92. The lowest BCUT2D eigenvalue weighted by molar-refractivity contribution is -0.129. The van der Waals surface area contributed by atoms with Crippen LogP contribution in [0.2, 0.25) is 0 Å². The number of rotatable bonds is 5. The van der Waals surface area contributed by atoms with Crippen molar-refractivity contribution in [2.75, 3.05) is 33.4 Å². The molecule has 0 fully saturated rings. The molecule has 3 heterocycles. The highest BCUT2D eigenvalue weighted by Crippen LogP contribution is 2.32. The first-order valence-electron chi connectivity index (χ1n) is 13.7. The van der Waals surface area contributed by atoms with Gasteiger partial charge in [0.25, 0.3) is 0 Å². The maximum absolute atomic E-state index is 13.4. The fourth-order valence-electron chi connectivity index (χ4n) is 4.90. The van der Waals surface area contributed by atoms with Crippen LogP contribution >= 0.6 is 0 Å². The van der Waals surface area contributed by atoms with Crippen molar-refractivity contribution >= 4 is 11.8 Å². The normalized spacial score (nSPS) is 17.3. The van der Waals surface area contributed by atoms with E-state index < -0.39 is 6.04 Å². The van der Waals surface area contributed by atoms with Crippen LogP contribution in [-0.4, -0.2) is 75.6 Å². The molecule has 11 heteroatoms. The Morgan fingerprint density at radius 1 is 1.12 bits per heavy atom. The van der Waals surface area contributed by atoms with Crippen LogP contribution in [0.3, 0.4) is 0 Å². The van der Waals surface area contributed by atoms with Crippen LogP contribution in [0.15, 0.2) is 73.4 Å². The van der Waals surface area contributed by atoms with Crippen molar-refractivity contribution in [2.45, 2.75) is 32.0 Å². The van der Waals surface area contributed by atoms with E-state index in [1.165, 1.54) is 0 Å². The summed E-state index contributed by atoms with van der Waals surface area (Å²) in [4.78, 5) is 40.4. The molecule has 0 spiro atoms. The highest BCUT2D eigenvalue weighted by Gasteiger charge is 2.23.